The number of anilines is 1. The molecule has 0 spiro atoms. The predicted octanol–water partition coefficient (Wildman–Crippen LogP) is 5.06. The number of aliphatic hydroxyl groups excluding tert-OH is 1. The first-order valence-electron chi connectivity index (χ1n) is 10.6. The molecule has 1 atom stereocenters. The molecule has 1 N–H and O–H groups in total. The van der Waals surface area contributed by atoms with Crippen LogP contribution in [0.2, 0.25) is 0 Å². The first-order chi connectivity index (χ1) is 15.9. The highest BCUT2D eigenvalue weighted by atomic mass is 19.4. The maximum absolute atomic E-state index is 12.7. The molecule has 1 aliphatic heterocycles. The Balaban J connectivity index is 1.48. The van der Waals surface area contributed by atoms with Gasteiger partial charge < -0.3 is 19.5 Å². The zero-order valence-corrected chi connectivity index (χ0v) is 18.2. The van der Waals surface area contributed by atoms with E-state index in [1.54, 1.807) is 7.11 Å². The van der Waals surface area contributed by atoms with Gasteiger partial charge in [-0.05, 0) is 34.9 Å². The third-order valence-corrected chi connectivity index (χ3v) is 5.71. The number of ether oxygens (including phenoxy) is 2. The van der Waals surface area contributed by atoms with Crippen LogP contribution < -0.4 is 9.64 Å². The van der Waals surface area contributed by atoms with Gasteiger partial charge in [0.1, 0.15) is 6.10 Å². The van der Waals surface area contributed by atoms with Gasteiger partial charge in [0, 0.05) is 43.6 Å². The van der Waals surface area contributed by atoms with Gasteiger partial charge in [-0.1, -0.05) is 30.3 Å². The van der Waals surface area contributed by atoms with E-state index in [0.29, 0.717) is 26.1 Å². The Morgan fingerprint density at radius 3 is 2.61 bits per heavy atom. The normalized spacial score (nSPS) is 16.3. The highest BCUT2D eigenvalue weighted by Gasteiger charge is 2.31. The summed E-state index contributed by atoms with van der Waals surface area (Å²) in [5.74, 6) is 0.169. The minimum Gasteiger partial charge on any atom is -0.472 e. The molecule has 33 heavy (non-hydrogen) atoms. The van der Waals surface area contributed by atoms with Crippen LogP contribution in [0.25, 0.3) is 11.1 Å². The lowest BCUT2D eigenvalue weighted by molar-refractivity contribution is -0.137. The lowest BCUT2D eigenvalue weighted by Crippen LogP contribution is -2.25. The second-order valence-corrected chi connectivity index (χ2v) is 7.95. The number of halogens is 3. The molecule has 0 aliphatic carbocycles. The van der Waals surface area contributed by atoms with Crippen molar-refractivity contribution in [2.45, 2.75) is 31.9 Å². The van der Waals surface area contributed by atoms with Gasteiger partial charge in [0.2, 0.25) is 5.88 Å². The van der Waals surface area contributed by atoms with E-state index < -0.39 is 11.7 Å². The molecule has 1 aliphatic rings. The van der Waals surface area contributed by atoms with Gasteiger partial charge in [0.15, 0.2) is 0 Å². The van der Waals surface area contributed by atoms with Crippen LogP contribution >= 0.6 is 0 Å². The molecule has 4 rings (SSSR count). The quantitative estimate of drug-likeness (QED) is 0.536. The van der Waals surface area contributed by atoms with E-state index in [1.165, 1.54) is 6.07 Å². The number of hydrogen-bond acceptors (Lipinski definition) is 5. The van der Waals surface area contributed by atoms with Crippen molar-refractivity contribution >= 4 is 5.69 Å². The van der Waals surface area contributed by atoms with Crippen LogP contribution in [0.1, 0.15) is 23.1 Å². The molecule has 0 saturated carbocycles. The van der Waals surface area contributed by atoms with Crippen molar-refractivity contribution in [2.75, 3.05) is 25.1 Å². The Bertz CT molecular complexity index is 1090. The van der Waals surface area contributed by atoms with E-state index in [2.05, 4.69) is 9.88 Å². The third-order valence-electron chi connectivity index (χ3n) is 5.71. The Labute approximate surface area is 190 Å². The van der Waals surface area contributed by atoms with Gasteiger partial charge in [-0.15, -0.1) is 0 Å². The maximum atomic E-state index is 12.7. The molecular weight excluding hydrogens is 433 g/mol. The number of alkyl halides is 3. The summed E-state index contributed by atoms with van der Waals surface area (Å²) in [6.07, 6.45) is -3.15. The van der Waals surface area contributed by atoms with E-state index in [9.17, 15) is 18.3 Å². The molecule has 3 aromatic rings. The van der Waals surface area contributed by atoms with Crippen LogP contribution in [0.15, 0.2) is 60.8 Å². The monoisotopic (exact) mass is 458 g/mol. The fourth-order valence-electron chi connectivity index (χ4n) is 4.10. The largest absolute Gasteiger partial charge is 0.472 e. The second-order valence-electron chi connectivity index (χ2n) is 7.95. The number of benzene rings is 2. The summed E-state index contributed by atoms with van der Waals surface area (Å²) in [6, 6.07) is 16.2. The average Bonchev–Trinajstić information content (AvgIpc) is 3.27. The standard InChI is InChI=1S/C25H25F3N2O3/c1-32-16-18-4-2-3-5-22(18)17-6-8-23(19(12-17)15-31)30-11-10-21(14-30)33-24-9-7-20(13-29-24)25(26,27)28/h2-9,12-13,21,31H,10-11,14-16H2,1H3. The summed E-state index contributed by atoms with van der Waals surface area (Å²) >= 11 is 0. The van der Waals surface area contributed by atoms with E-state index in [-0.39, 0.29) is 18.6 Å². The van der Waals surface area contributed by atoms with Crippen molar-refractivity contribution in [3.8, 4) is 17.0 Å². The van der Waals surface area contributed by atoms with Crippen molar-refractivity contribution in [2.24, 2.45) is 0 Å². The zero-order valence-electron chi connectivity index (χ0n) is 18.2. The number of aromatic nitrogens is 1. The molecule has 1 saturated heterocycles. The highest BCUT2D eigenvalue weighted by Crippen LogP contribution is 2.33. The van der Waals surface area contributed by atoms with Crippen LogP contribution in [-0.2, 0) is 24.1 Å². The fraction of sp³-hybridized carbons (Fsp3) is 0.320. The molecule has 0 bridgehead atoms. The Hall–Kier alpha value is -3.10. The molecule has 2 heterocycles. The minimum absolute atomic E-state index is 0.113. The third kappa shape index (κ3) is 5.29. The maximum Gasteiger partial charge on any atom is 0.417 e. The average molecular weight is 458 g/mol. The van der Waals surface area contributed by atoms with Gasteiger partial charge in [-0.3, -0.25) is 0 Å². The number of rotatable bonds is 7. The minimum atomic E-state index is -4.42. The summed E-state index contributed by atoms with van der Waals surface area (Å²) in [6.45, 7) is 1.64. The Morgan fingerprint density at radius 2 is 1.91 bits per heavy atom. The first kappa shape index (κ1) is 23.1. The molecular formula is C25H25F3N2O3. The molecule has 0 radical (unpaired) electrons. The van der Waals surface area contributed by atoms with Crippen LogP contribution in [0.5, 0.6) is 5.88 Å². The van der Waals surface area contributed by atoms with E-state index in [0.717, 1.165) is 40.2 Å². The van der Waals surface area contributed by atoms with Gasteiger partial charge in [-0.25, -0.2) is 4.98 Å². The van der Waals surface area contributed by atoms with Gasteiger partial charge >= 0.3 is 6.18 Å². The molecule has 8 heteroatoms. The molecule has 2 aromatic carbocycles. The lowest BCUT2D eigenvalue weighted by atomic mass is 9.97. The summed E-state index contributed by atoms with van der Waals surface area (Å²) in [7, 11) is 1.66. The molecule has 5 nitrogen and oxygen atoms in total. The zero-order chi connectivity index (χ0) is 23.4. The molecule has 0 amide bonds. The summed E-state index contributed by atoms with van der Waals surface area (Å²) in [5.41, 5.74) is 4.02. The number of nitrogens with zero attached hydrogens (tertiary/aromatic N) is 2. The summed E-state index contributed by atoms with van der Waals surface area (Å²) in [4.78, 5) is 5.91. The summed E-state index contributed by atoms with van der Waals surface area (Å²) in [5, 5.41) is 10.0. The highest BCUT2D eigenvalue weighted by molar-refractivity contribution is 5.71. The van der Waals surface area contributed by atoms with Crippen LogP contribution in [0.4, 0.5) is 18.9 Å². The second kappa shape index (κ2) is 9.80. The smallest absolute Gasteiger partial charge is 0.417 e. The van der Waals surface area contributed by atoms with E-state index in [1.807, 2.05) is 42.5 Å². The topological polar surface area (TPSA) is 54.8 Å². The molecule has 1 fully saturated rings. The van der Waals surface area contributed by atoms with Crippen LogP contribution in [0.3, 0.4) is 0 Å². The van der Waals surface area contributed by atoms with E-state index >= 15 is 0 Å². The summed E-state index contributed by atoms with van der Waals surface area (Å²) < 4.78 is 49.3. The van der Waals surface area contributed by atoms with Crippen molar-refractivity contribution < 1.29 is 27.8 Å². The van der Waals surface area contributed by atoms with Crippen molar-refractivity contribution in [1.29, 1.82) is 0 Å². The Kier molecular flexibility index (Phi) is 6.85. The predicted molar refractivity (Wildman–Crippen MR) is 119 cm³/mol. The van der Waals surface area contributed by atoms with Gasteiger partial charge in [-0.2, -0.15) is 13.2 Å². The van der Waals surface area contributed by atoms with Crippen LogP contribution in [0, 0.1) is 0 Å². The van der Waals surface area contributed by atoms with Crippen molar-refractivity contribution in [3.05, 3.63) is 77.5 Å². The Morgan fingerprint density at radius 1 is 1.09 bits per heavy atom. The fourth-order valence-corrected chi connectivity index (χ4v) is 4.10. The molecule has 1 aromatic heterocycles. The van der Waals surface area contributed by atoms with Gasteiger partial charge in [0.05, 0.1) is 25.3 Å². The number of pyridine rings is 1. The van der Waals surface area contributed by atoms with E-state index in [4.69, 9.17) is 9.47 Å². The van der Waals surface area contributed by atoms with Crippen molar-refractivity contribution in [1.82, 2.24) is 4.98 Å². The molecule has 1 unspecified atom stereocenters. The first-order valence-corrected chi connectivity index (χ1v) is 10.6. The SMILES string of the molecule is COCc1ccccc1-c1ccc(N2CCC(Oc3ccc(C(F)(F)F)cn3)C2)c(CO)c1. The lowest BCUT2D eigenvalue weighted by Gasteiger charge is -2.22. The van der Waals surface area contributed by atoms with Crippen LogP contribution in [-0.4, -0.2) is 36.4 Å². The molecule has 174 valence electrons. The number of aliphatic hydroxyl groups is 1. The van der Waals surface area contributed by atoms with Crippen molar-refractivity contribution in [3.63, 3.8) is 0 Å². The number of methoxy groups -OCH3 is 1. The van der Waals surface area contributed by atoms with Gasteiger partial charge in [0.25, 0.3) is 0 Å². The number of hydrogen-bond donors (Lipinski definition) is 1.